The van der Waals surface area contributed by atoms with Crippen molar-refractivity contribution < 1.29 is 22.4 Å². The Balaban J connectivity index is 1.93. The van der Waals surface area contributed by atoms with Crippen molar-refractivity contribution in [3.05, 3.63) is 58.9 Å². The molecule has 0 atom stereocenters. The molecular formula is C18H18FN3O4S2. The minimum Gasteiger partial charge on any atom is -0.366 e. The lowest BCUT2D eigenvalue weighted by molar-refractivity contribution is 0.100. The summed E-state index contributed by atoms with van der Waals surface area (Å²) in [5, 5.41) is 2.36. The number of sulfonamides is 1. The highest BCUT2D eigenvalue weighted by Gasteiger charge is 2.30. The summed E-state index contributed by atoms with van der Waals surface area (Å²) in [6.07, 6.45) is 2.44. The quantitative estimate of drug-likeness (QED) is 0.720. The van der Waals surface area contributed by atoms with E-state index in [0.29, 0.717) is 24.3 Å². The van der Waals surface area contributed by atoms with Crippen molar-refractivity contribution in [2.75, 3.05) is 18.4 Å². The second-order valence-electron chi connectivity index (χ2n) is 6.27. The molecule has 2 heterocycles. The first-order valence-electron chi connectivity index (χ1n) is 8.35. The zero-order valence-corrected chi connectivity index (χ0v) is 16.6. The summed E-state index contributed by atoms with van der Waals surface area (Å²) in [4.78, 5) is 24.1. The van der Waals surface area contributed by atoms with E-state index in [0.717, 1.165) is 17.7 Å². The van der Waals surface area contributed by atoms with Crippen LogP contribution in [0.5, 0.6) is 0 Å². The smallest absolute Gasteiger partial charge is 0.259 e. The highest BCUT2D eigenvalue weighted by Crippen LogP contribution is 2.34. The maximum absolute atomic E-state index is 13.8. The minimum atomic E-state index is -3.86. The largest absolute Gasteiger partial charge is 0.366 e. The Labute approximate surface area is 165 Å². The van der Waals surface area contributed by atoms with Gasteiger partial charge in [0.15, 0.2) is 0 Å². The Morgan fingerprint density at radius 2 is 1.96 bits per heavy atom. The van der Waals surface area contributed by atoms with Crippen LogP contribution in [0.2, 0.25) is 0 Å². The van der Waals surface area contributed by atoms with Crippen LogP contribution in [0.25, 0.3) is 0 Å². The highest BCUT2D eigenvalue weighted by atomic mass is 32.2. The van der Waals surface area contributed by atoms with Gasteiger partial charge in [-0.05, 0) is 31.5 Å². The summed E-state index contributed by atoms with van der Waals surface area (Å²) in [7, 11) is -3.86. The normalized spacial score (nSPS) is 15.1. The van der Waals surface area contributed by atoms with Crippen molar-refractivity contribution in [1.29, 1.82) is 0 Å². The molecule has 28 heavy (non-hydrogen) atoms. The second kappa shape index (κ2) is 7.82. The molecule has 10 heteroatoms. The Morgan fingerprint density at radius 3 is 2.57 bits per heavy atom. The Bertz CT molecular complexity index is 1080. The molecule has 0 aliphatic carbocycles. The summed E-state index contributed by atoms with van der Waals surface area (Å²) < 4.78 is 40.7. The van der Waals surface area contributed by atoms with Crippen LogP contribution in [-0.4, -0.2) is 37.6 Å². The van der Waals surface area contributed by atoms with Gasteiger partial charge in [-0.1, -0.05) is 23.8 Å². The van der Waals surface area contributed by atoms with Gasteiger partial charge in [0.05, 0.1) is 11.1 Å². The molecule has 0 bridgehead atoms. The van der Waals surface area contributed by atoms with Gasteiger partial charge in [0, 0.05) is 13.1 Å². The molecule has 3 N–H and O–H groups in total. The maximum atomic E-state index is 13.8. The number of nitrogens with two attached hydrogens (primary N) is 1. The lowest BCUT2D eigenvalue weighted by Crippen LogP contribution is -2.34. The fourth-order valence-corrected chi connectivity index (χ4v) is 5.59. The lowest BCUT2D eigenvalue weighted by atomic mass is 10.1. The number of nitrogens with one attached hydrogen (secondary N) is 1. The van der Waals surface area contributed by atoms with E-state index in [2.05, 4.69) is 5.32 Å². The van der Waals surface area contributed by atoms with Crippen LogP contribution in [0.15, 0.2) is 46.2 Å². The molecule has 1 aliphatic heterocycles. The molecule has 0 fully saturated rings. The SMILES string of the molecule is CC1=CCN(S(=O)(=O)c2cc(C(N)=O)c(NC(=O)c3ccccc3F)s2)CC1. The number of anilines is 1. The van der Waals surface area contributed by atoms with E-state index < -0.39 is 27.7 Å². The van der Waals surface area contributed by atoms with Crippen molar-refractivity contribution in [3.63, 3.8) is 0 Å². The molecular weight excluding hydrogens is 405 g/mol. The van der Waals surface area contributed by atoms with Gasteiger partial charge in [0.25, 0.3) is 21.8 Å². The molecule has 2 amide bonds. The van der Waals surface area contributed by atoms with E-state index in [1.54, 1.807) is 0 Å². The van der Waals surface area contributed by atoms with E-state index >= 15 is 0 Å². The van der Waals surface area contributed by atoms with Crippen molar-refractivity contribution in [3.8, 4) is 0 Å². The predicted octanol–water partition coefficient (Wildman–Crippen LogP) is 2.58. The minimum absolute atomic E-state index is 0.0388. The molecule has 1 aromatic carbocycles. The van der Waals surface area contributed by atoms with Crippen LogP contribution < -0.4 is 11.1 Å². The number of benzene rings is 1. The van der Waals surface area contributed by atoms with Crippen LogP contribution in [-0.2, 0) is 10.0 Å². The highest BCUT2D eigenvalue weighted by molar-refractivity contribution is 7.91. The number of hydrogen-bond acceptors (Lipinski definition) is 5. The molecule has 2 aromatic rings. The van der Waals surface area contributed by atoms with E-state index in [9.17, 15) is 22.4 Å². The number of carbonyl (C=O) groups excluding carboxylic acids is 2. The van der Waals surface area contributed by atoms with Gasteiger partial charge in [-0.15, -0.1) is 11.3 Å². The first-order valence-corrected chi connectivity index (χ1v) is 10.6. The third kappa shape index (κ3) is 3.98. The number of carbonyl (C=O) groups is 2. The predicted molar refractivity (Wildman–Crippen MR) is 104 cm³/mol. The van der Waals surface area contributed by atoms with Gasteiger partial charge in [0.1, 0.15) is 15.0 Å². The third-order valence-corrected chi connectivity index (χ3v) is 7.68. The third-order valence-electron chi connectivity index (χ3n) is 4.31. The van der Waals surface area contributed by atoms with Crippen LogP contribution in [0.1, 0.15) is 34.1 Å². The fourth-order valence-electron chi connectivity index (χ4n) is 2.68. The Morgan fingerprint density at radius 1 is 1.25 bits per heavy atom. The summed E-state index contributed by atoms with van der Waals surface area (Å²) in [6.45, 7) is 2.48. The zero-order chi connectivity index (χ0) is 20.5. The number of nitrogens with zero attached hydrogens (tertiary/aromatic N) is 1. The summed E-state index contributed by atoms with van der Waals surface area (Å²) in [6, 6.07) is 6.47. The molecule has 148 valence electrons. The van der Waals surface area contributed by atoms with Gasteiger partial charge in [-0.3, -0.25) is 9.59 Å². The standard InChI is InChI=1S/C18H18FN3O4S2/c1-11-6-8-22(9-7-11)28(25,26)15-10-13(16(20)23)18(27-15)21-17(24)12-4-2-3-5-14(12)19/h2-6,10H,7-9H2,1H3,(H2,20,23)(H,21,24). The molecule has 0 saturated heterocycles. The molecule has 7 nitrogen and oxygen atoms in total. The molecule has 3 rings (SSSR count). The topological polar surface area (TPSA) is 110 Å². The van der Waals surface area contributed by atoms with Crippen LogP contribution in [0.4, 0.5) is 9.39 Å². The van der Waals surface area contributed by atoms with Crippen molar-refractivity contribution in [2.24, 2.45) is 5.73 Å². The monoisotopic (exact) mass is 423 g/mol. The average molecular weight is 423 g/mol. The van der Waals surface area contributed by atoms with Crippen LogP contribution in [0, 0.1) is 5.82 Å². The maximum Gasteiger partial charge on any atom is 0.259 e. The fraction of sp³-hybridized carbons (Fsp3) is 0.222. The molecule has 0 unspecified atom stereocenters. The summed E-state index contributed by atoms with van der Waals surface area (Å²) in [5.74, 6) is -2.43. The van der Waals surface area contributed by atoms with Gasteiger partial charge >= 0.3 is 0 Å². The van der Waals surface area contributed by atoms with E-state index in [-0.39, 0.29) is 26.9 Å². The van der Waals surface area contributed by atoms with Crippen molar-refractivity contribution in [2.45, 2.75) is 17.6 Å². The van der Waals surface area contributed by atoms with Gasteiger partial charge in [-0.25, -0.2) is 12.8 Å². The first kappa shape index (κ1) is 20.2. The van der Waals surface area contributed by atoms with E-state index in [1.807, 2.05) is 13.0 Å². The summed E-state index contributed by atoms with van der Waals surface area (Å²) in [5.41, 5.74) is 6.07. The molecule has 0 spiro atoms. The van der Waals surface area contributed by atoms with Crippen LogP contribution >= 0.6 is 11.3 Å². The van der Waals surface area contributed by atoms with Crippen molar-refractivity contribution >= 4 is 38.2 Å². The van der Waals surface area contributed by atoms with E-state index in [1.165, 1.54) is 22.5 Å². The Hall–Kier alpha value is -2.56. The van der Waals surface area contributed by atoms with Gasteiger partial charge in [0.2, 0.25) is 0 Å². The molecule has 1 aliphatic rings. The first-order chi connectivity index (χ1) is 13.2. The number of thiophene rings is 1. The number of halogens is 1. The second-order valence-corrected chi connectivity index (χ2v) is 9.49. The van der Waals surface area contributed by atoms with E-state index in [4.69, 9.17) is 5.73 Å². The van der Waals surface area contributed by atoms with Gasteiger partial charge < -0.3 is 11.1 Å². The number of amides is 2. The van der Waals surface area contributed by atoms with Gasteiger partial charge in [-0.2, -0.15) is 4.31 Å². The zero-order valence-electron chi connectivity index (χ0n) is 14.9. The summed E-state index contributed by atoms with van der Waals surface area (Å²) >= 11 is 0.713. The van der Waals surface area contributed by atoms with Crippen molar-refractivity contribution in [1.82, 2.24) is 4.31 Å². The molecule has 0 saturated carbocycles. The molecule has 1 aromatic heterocycles. The number of primary amides is 1. The Kier molecular flexibility index (Phi) is 5.64. The lowest BCUT2D eigenvalue weighted by Gasteiger charge is -2.23. The average Bonchev–Trinajstić information content (AvgIpc) is 3.07. The molecule has 0 radical (unpaired) electrons. The number of hydrogen-bond donors (Lipinski definition) is 2. The van der Waals surface area contributed by atoms with Crippen LogP contribution in [0.3, 0.4) is 0 Å². The number of rotatable bonds is 5.